The van der Waals surface area contributed by atoms with Crippen molar-refractivity contribution in [2.24, 2.45) is 11.8 Å². The summed E-state index contributed by atoms with van der Waals surface area (Å²) in [6.07, 6.45) is -2.54. The molecular weight excluding hydrogens is 275 g/mol. The van der Waals surface area contributed by atoms with Gasteiger partial charge in [-0.1, -0.05) is 12.8 Å². The molecule has 1 saturated carbocycles. The van der Waals surface area contributed by atoms with E-state index in [0.29, 0.717) is 25.0 Å². The summed E-state index contributed by atoms with van der Waals surface area (Å²) in [5.41, 5.74) is 0.596. The molecule has 1 aliphatic rings. The molecule has 2 nitrogen and oxygen atoms in total. The summed E-state index contributed by atoms with van der Waals surface area (Å²) >= 11 is 1.41. The van der Waals surface area contributed by atoms with Gasteiger partial charge >= 0.3 is 6.18 Å². The van der Waals surface area contributed by atoms with Crippen LogP contribution in [0.5, 0.6) is 0 Å². The fourth-order valence-electron chi connectivity index (χ4n) is 2.71. The summed E-state index contributed by atoms with van der Waals surface area (Å²) in [6, 6.07) is 0. The van der Waals surface area contributed by atoms with Gasteiger partial charge in [-0.3, -0.25) is 4.79 Å². The van der Waals surface area contributed by atoms with Crippen LogP contribution in [-0.2, 0) is 11.2 Å². The van der Waals surface area contributed by atoms with Crippen LogP contribution in [0.3, 0.4) is 0 Å². The van der Waals surface area contributed by atoms with Gasteiger partial charge in [0.25, 0.3) is 0 Å². The second kappa shape index (κ2) is 5.61. The first-order valence-corrected chi connectivity index (χ1v) is 7.26. The van der Waals surface area contributed by atoms with Crippen molar-refractivity contribution < 1.29 is 18.0 Å². The van der Waals surface area contributed by atoms with Crippen LogP contribution in [-0.4, -0.2) is 16.9 Å². The Labute approximate surface area is 114 Å². The monoisotopic (exact) mass is 291 g/mol. The van der Waals surface area contributed by atoms with Crippen LogP contribution in [0.15, 0.2) is 5.38 Å². The smallest absolute Gasteiger partial charge is 0.299 e. The average Bonchev–Trinajstić information content (AvgIpc) is 2.73. The number of Topliss-reactive ketones (excluding diaryl/α,β-unsaturated/α-hetero) is 1. The number of carbonyl (C=O) groups excluding carboxylic acids is 1. The highest BCUT2D eigenvalue weighted by atomic mass is 32.1. The normalized spacial score (nSPS) is 24.4. The Morgan fingerprint density at radius 3 is 2.68 bits per heavy atom. The zero-order chi connectivity index (χ0) is 14.0. The minimum Gasteiger partial charge on any atom is -0.299 e. The van der Waals surface area contributed by atoms with Gasteiger partial charge in [0, 0.05) is 17.7 Å². The minimum absolute atomic E-state index is 0.0294. The molecule has 0 aromatic carbocycles. The molecule has 1 heterocycles. The fourth-order valence-corrected chi connectivity index (χ4v) is 3.32. The average molecular weight is 291 g/mol. The molecule has 1 aromatic heterocycles. The standard InChI is InChI=1S/C13H16F3NOS/c1-8-17-9(7-19-8)6-12(18)10-4-2-3-5-11(10)13(14,15)16/h7,10-11H,2-6H2,1H3. The molecule has 0 radical (unpaired) electrons. The van der Waals surface area contributed by atoms with Crippen LogP contribution >= 0.6 is 11.3 Å². The number of halogens is 3. The Morgan fingerprint density at radius 2 is 2.11 bits per heavy atom. The van der Waals surface area contributed by atoms with Crippen LogP contribution < -0.4 is 0 Å². The lowest BCUT2D eigenvalue weighted by Crippen LogP contribution is -2.37. The Morgan fingerprint density at radius 1 is 1.42 bits per heavy atom. The molecule has 0 N–H and O–H groups in total. The summed E-state index contributed by atoms with van der Waals surface area (Å²) < 4.78 is 38.8. The summed E-state index contributed by atoms with van der Waals surface area (Å²) in [5.74, 6) is -2.66. The van der Waals surface area contributed by atoms with Crippen molar-refractivity contribution in [3.8, 4) is 0 Å². The number of alkyl halides is 3. The van der Waals surface area contributed by atoms with Crippen LogP contribution in [0.25, 0.3) is 0 Å². The van der Waals surface area contributed by atoms with E-state index < -0.39 is 18.0 Å². The zero-order valence-corrected chi connectivity index (χ0v) is 11.5. The third-order valence-electron chi connectivity index (χ3n) is 3.62. The van der Waals surface area contributed by atoms with Crippen LogP contribution in [0.2, 0.25) is 0 Å². The molecule has 0 spiro atoms. The number of aromatic nitrogens is 1. The van der Waals surface area contributed by atoms with Gasteiger partial charge in [0.1, 0.15) is 5.78 Å². The Balaban J connectivity index is 2.07. The van der Waals surface area contributed by atoms with Gasteiger partial charge in [0.2, 0.25) is 0 Å². The Kier molecular flexibility index (Phi) is 4.28. The Hall–Kier alpha value is -0.910. The van der Waals surface area contributed by atoms with E-state index >= 15 is 0 Å². The van der Waals surface area contributed by atoms with E-state index in [0.717, 1.165) is 5.01 Å². The molecule has 1 aliphatic carbocycles. The number of hydrogen-bond donors (Lipinski definition) is 0. The fraction of sp³-hybridized carbons (Fsp3) is 0.692. The van der Waals surface area contributed by atoms with E-state index in [1.54, 1.807) is 5.38 Å². The maximum atomic E-state index is 12.9. The molecule has 19 heavy (non-hydrogen) atoms. The molecule has 2 rings (SSSR count). The van der Waals surface area contributed by atoms with Crippen molar-refractivity contribution >= 4 is 17.1 Å². The molecule has 2 unspecified atom stereocenters. The highest BCUT2D eigenvalue weighted by molar-refractivity contribution is 7.09. The van der Waals surface area contributed by atoms with E-state index in [4.69, 9.17) is 0 Å². The van der Waals surface area contributed by atoms with Crippen molar-refractivity contribution in [3.63, 3.8) is 0 Å². The number of ketones is 1. The van der Waals surface area contributed by atoms with Crippen LogP contribution in [0, 0.1) is 18.8 Å². The second-order valence-electron chi connectivity index (χ2n) is 5.04. The highest BCUT2D eigenvalue weighted by Crippen LogP contribution is 2.42. The largest absolute Gasteiger partial charge is 0.392 e. The molecule has 2 atom stereocenters. The van der Waals surface area contributed by atoms with Gasteiger partial charge in [-0.25, -0.2) is 4.98 Å². The summed E-state index contributed by atoms with van der Waals surface area (Å²) in [7, 11) is 0. The van der Waals surface area contributed by atoms with Crippen molar-refractivity contribution in [1.29, 1.82) is 0 Å². The van der Waals surface area contributed by atoms with Crippen LogP contribution in [0.1, 0.15) is 36.4 Å². The molecule has 0 saturated heterocycles. The van der Waals surface area contributed by atoms with E-state index in [2.05, 4.69) is 4.98 Å². The SMILES string of the molecule is Cc1nc(CC(=O)C2CCCCC2C(F)(F)F)cs1. The van der Waals surface area contributed by atoms with Gasteiger partial charge in [-0.2, -0.15) is 13.2 Å². The molecule has 106 valence electrons. The van der Waals surface area contributed by atoms with Gasteiger partial charge in [0.05, 0.1) is 16.6 Å². The van der Waals surface area contributed by atoms with E-state index in [1.807, 2.05) is 6.92 Å². The van der Waals surface area contributed by atoms with Crippen molar-refractivity contribution in [3.05, 3.63) is 16.1 Å². The Bertz CT molecular complexity index is 455. The number of nitrogens with zero attached hydrogens (tertiary/aromatic N) is 1. The van der Waals surface area contributed by atoms with E-state index in [1.165, 1.54) is 11.3 Å². The molecule has 6 heteroatoms. The maximum absolute atomic E-state index is 12.9. The van der Waals surface area contributed by atoms with Crippen molar-refractivity contribution in [2.75, 3.05) is 0 Å². The maximum Gasteiger partial charge on any atom is 0.392 e. The molecule has 1 fully saturated rings. The lowest BCUT2D eigenvalue weighted by molar-refractivity contribution is -0.197. The molecule has 1 aromatic rings. The number of carbonyl (C=O) groups is 1. The summed E-state index contributed by atoms with van der Waals surface area (Å²) in [5, 5.41) is 2.58. The van der Waals surface area contributed by atoms with Gasteiger partial charge in [-0.05, 0) is 19.8 Å². The van der Waals surface area contributed by atoms with Crippen molar-refractivity contribution in [1.82, 2.24) is 4.98 Å². The van der Waals surface area contributed by atoms with Crippen LogP contribution in [0.4, 0.5) is 13.2 Å². The summed E-state index contributed by atoms with van der Waals surface area (Å²) in [4.78, 5) is 16.2. The first kappa shape index (κ1) is 14.5. The third kappa shape index (κ3) is 3.55. The van der Waals surface area contributed by atoms with Gasteiger partial charge in [-0.15, -0.1) is 11.3 Å². The lowest BCUT2D eigenvalue weighted by atomic mass is 9.75. The third-order valence-corrected chi connectivity index (χ3v) is 4.44. The second-order valence-corrected chi connectivity index (χ2v) is 6.10. The van der Waals surface area contributed by atoms with E-state index in [9.17, 15) is 18.0 Å². The molecule has 0 amide bonds. The number of hydrogen-bond acceptors (Lipinski definition) is 3. The van der Waals surface area contributed by atoms with E-state index in [-0.39, 0.29) is 18.6 Å². The van der Waals surface area contributed by atoms with Gasteiger partial charge in [0.15, 0.2) is 0 Å². The first-order chi connectivity index (χ1) is 8.88. The number of rotatable bonds is 3. The quantitative estimate of drug-likeness (QED) is 0.844. The van der Waals surface area contributed by atoms with Gasteiger partial charge < -0.3 is 0 Å². The zero-order valence-electron chi connectivity index (χ0n) is 10.7. The molecule has 0 aliphatic heterocycles. The molecule has 0 bridgehead atoms. The highest BCUT2D eigenvalue weighted by Gasteiger charge is 2.47. The van der Waals surface area contributed by atoms with Crippen molar-refractivity contribution in [2.45, 2.75) is 45.2 Å². The minimum atomic E-state index is -4.27. The predicted octanol–water partition coefficient (Wildman–Crippen LogP) is 3.93. The summed E-state index contributed by atoms with van der Waals surface area (Å²) in [6.45, 7) is 1.82. The topological polar surface area (TPSA) is 30.0 Å². The number of aryl methyl sites for hydroxylation is 1. The molecular formula is C13H16F3NOS. The first-order valence-electron chi connectivity index (χ1n) is 6.38. The number of thiazole rings is 1. The predicted molar refractivity (Wildman–Crippen MR) is 67.1 cm³/mol. The lowest BCUT2D eigenvalue weighted by Gasteiger charge is -2.31.